The van der Waals surface area contributed by atoms with Crippen LogP contribution in [0.1, 0.15) is 12.0 Å². The van der Waals surface area contributed by atoms with E-state index in [4.69, 9.17) is 9.47 Å². The molecule has 1 saturated heterocycles. The summed E-state index contributed by atoms with van der Waals surface area (Å²) in [6.07, 6.45) is 1.60. The van der Waals surface area contributed by atoms with Gasteiger partial charge in [0.2, 0.25) is 5.75 Å². The number of phenols is 1. The van der Waals surface area contributed by atoms with Crippen LogP contribution in [0.15, 0.2) is 12.1 Å². The lowest BCUT2D eigenvalue weighted by Gasteiger charge is -2.26. The zero-order chi connectivity index (χ0) is 15.2. The molecule has 7 heteroatoms. The number of methoxy groups -OCH3 is 1. The van der Waals surface area contributed by atoms with Crippen LogP contribution in [-0.2, 0) is 11.2 Å². The molecule has 0 bridgehead atoms. The maximum atomic E-state index is 10.9. The number of morpholine rings is 1. The van der Waals surface area contributed by atoms with E-state index in [9.17, 15) is 15.2 Å². The van der Waals surface area contributed by atoms with Crippen LogP contribution in [0.5, 0.6) is 11.5 Å². The Bertz CT molecular complexity index is 500. The Kier molecular flexibility index (Phi) is 5.35. The summed E-state index contributed by atoms with van der Waals surface area (Å²) in [6, 6.07) is 3.07. The zero-order valence-corrected chi connectivity index (χ0v) is 12.1. The topological polar surface area (TPSA) is 85.1 Å². The smallest absolute Gasteiger partial charge is 0.314 e. The minimum absolute atomic E-state index is 0.144. The number of nitrogens with zero attached hydrogens (tertiary/aromatic N) is 2. The van der Waals surface area contributed by atoms with Gasteiger partial charge in [0, 0.05) is 19.2 Å². The molecular formula is C14H20N2O5. The molecule has 1 aromatic rings. The highest BCUT2D eigenvalue weighted by molar-refractivity contribution is 5.57. The molecule has 0 aromatic heterocycles. The number of hydrogen-bond donors (Lipinski definition) is 1. The molecule has 116 valence electrons. The van der Waals surface area contributed by atoms with Gasteiger partial charge >= 0.3 is 5.69 Å². The van der Waals surface area contributed by atoms with Gasteiger partial charge in [0.15, 0.2) is 5.75 Å². The number of nitro benzene ring substituents is 1. The van der Waals surface area contributed by atoms with Gasteiger partial charge in [-0.05, 0) is 31.0 Å². The van der Waals surface area contributed by atoms with Crippen LogP contribution < -0.4 is 4.74 Å². The highest BCUT2D eigenvalue weighted by atomic mass is 16.6. The molecule has 1 fully saturated rings. The van der Waals surface area contributed by atoms with E-state index in [1.54, 1.807) is 6.07 Å². The van der Waals surface area contributed by atoms with Gasteiger partial charge in [-0.2, -0.15) is 0 Å². The minimum atomic E-state index is -0.594. The Morgan fingerprint density at radius 3 is 2.76 bits per heavy atom. The summed E-state index contributed by atoms with van der Waals surface area (Å²) < 4.78 is 10.3. The molecule has 0 unspecified atom stereocenters. The fourth-order valence-electron chi connectivity index (χ4n) is 2.42. The second-order valence-corrected chi connectivity index (χ2v) is 4.98. The number of phenolic OH excluding ortho intramolecular Hbond substituents is 1. The molecule has 1 aliphatic rings. The highest BCUT2D eigenvalue weighted by Gasteiger charge is 2.19. The van der Waals surface area contributed by atoms with Gasteiger partial charge in [0.05, 0.1) is 25.2 Å². The SMILES string of the molecule is COc1cc(CCCN2CCOCC2)cc([N+](=O)[O-])c1O. The molecule has 1 N–H and O–H groups in total. The van der Waals surface area contributed by atoms with Crippen molar-refractivity contribution in [2.75, 3.05) is 40.0 Å². The third kappa shape index (κ3) is 4.05. The van der Waals surface area contributed by atoms with E-state index in [1.807, 2.05) is 0 Å². The predicted molar refractivity (Wildman–Crippen MR) is 76.9 cm³/mol. The summed E-state index contributed by atoms with van der Waals surface area (Å²) in [5, 5.41) is 20.7. The molecule has 0 amide bonds. The van der Waals surface area contributed by atoms with Crippen LogP contribution >= 0.6 is 0 Å². The van der Waals surface area contributed by atoms with Gasteiger partial charge in [0.1, 0.15) is 0 Å². The summed E-state index contributed by atoms with van der Waals surface area (Å²) in [6.45, 7) is 4.31. The maximum Gasteiger partial charge on any atom is 0.314 e. The molecule has 0 aliphatic carbocycles. The van der Waals surface area contributed by atoms with Gasteiger partial charge < -0.3 is 14.6 Å². The number of rotatable bonds is 6. The number of ether oxygens (including phenoxy) is 2. The van der Waals surface area contributed by atoms with E-state index in [0.717, 1.165) is 44.8 Å². The maximum absolute atomic E-state index is 10.9. The number of benzene rings is 1. The molecule has 1 aromatic carbocycles. The molecule has 0 atom stereocenters. The van der Waals surface area contributed by atoms with Crippen molar-refractivity contribution in [3.8, 4) is 11.5 Å². The van der Waals surface area contributed by atoms with Crippen LogP contribution in [0.4, 0.5) is 5.69 Å². The lowest BCUT2D eigenvalue weighted by molar-refractivity contribution is -0.386. The van der Waals surface area contributed by atoms with Crippen molar-refractivity contribution in [3.05, 3.63) is 27.8 Å². The summed E-state index contributed by atoms with van der Waals surface area (Å²) >= 11 is 0. The fourth-order valence-corrected chi connectivity index (χ4v) is 2.42. The average molecular weight is 296 g/mol. The van der Waals surface area contributed by atoms with E-state index >= 15 is 0 Å². The first-order valence-corrected chi connectivity index (χ1v) is 6.96. The number of aromatic hydroxyl groups is 1. The van der Waals surface area contributed by atoms with E-state index in [0.29, 0.717) is 6.42 Å². The van der Waals surface area contributed by atoms with Gasteiger partial charge in [0.25, 0.3) is 0 Å². The first-order valence-electron chi connectivity index (χ1n) is 6.96. The van der Waals surface area contributed by atoms with E-state index < -0.39 is 10.7 Å². The van der Waals surface area contributed by atoms with Gasteiger partial charge in [-0.25, -0.2) is 0 Å². The molecular weight excluding hydrogens is 276 g/mol. The standard InChI is InChI=1S/C14H20N2O5/c1-20-13-10-11(9-12(14(13)17)16(18)19)3-2-4-15-5-7-21-8-6-15/h9-10,17H,2-8H2,1H3. The lowest BCUT2D eigenvalue weighted by atomic mass is 10.1. The average Bonchev–Trinajstić information content (AvgIpc) is 2.49. The third-order valence-corrected chi connectivity index (χ3v) is 3.57. The molecule has 1 aliphatic heterocycles. The zero-order valence-electron chi connectivity index (χ0n) is 12.1. The molecule has 21 heavy (non-hydrogen) atoms. The first-order chi connectivity index (χ1) is 10.1. The van der Waals surface area contributed by atoms with Gasteiger partial charge in [-0.15, -0.1) is 0 Å². The van der Waals surface area contributed by atoms with Crippen LogP contribution in [0.2, 0.25) is 0 Å². The van der Waals surface area contributed by atoms with E-state index in [2.05, 4.69) is 4.90 Å². The third-order valence-electron chi connectivity index (χ3n) is 3.57. The van der Waals surface area contributed by atoms with Crippen molar-refractivity contribution in [2.24, 2.45) is 0 Å². The second kappa shape index (κ2) is 7.24. The van der Waals surface area contributed by atoms with Crippen molar-refractivity contribution >= 4 is 5.69 Å². The Hall–Kier alpha value is -1.86. The summed E-state index contributed by atoms with van der Waals surface area (Å²) in [5.74, 6) is -0.273. The Balaban J connectivity index is 1.98. The van der Waals surface area contributed by atoms with E-state index in [1.165, 1.54) is 13.2 Å². The van der Waals surface area contributed by atoms with Crippen LogP contribution in [-0.4, -0.2) is 54.9 Å². The Labute approximate surface area is 123 Å². The van der Waals surface area contributed by atoms with Crippen molar-refractivity contribution in [1.82, 2.24) is 4.90 Å². The number of aryl methyl sites for hydroxylation is 1. The lowest BCUT2D eigenvalue weighted by Crippen LogP contribution is -2.36. The summed E-state index contributed by atoms with van der Waals surface area (Å²) in [4.78, 5) is 12.7. The van der Waals surface area contributed by atoms with Crippen molar-refractivity contribution in [2.45, 2.75) is 12.8 Å². The Morgan fingerprint density at radius 1 is 1.43 bits per heavy atom. The number of nitro groups is 1. The summed E-state index contributed by atoms with van der Waals surface area (Å²) in [7, 11) is 1.39. The van der Waals surface area contributed by atoms with E-state index in [-0.39, 0.29) is 11.4 Å². The quantitative estimate of drug-likeness (QED) is 0.633. The molecule has 1 heterocycles. The molecule has 2 rings (SSSR count). The van der Waals surface area contributed by atoms with Gasteiger partial charge in [-0.3, -0.25) is 15.0 Å². The monoisotopic (exact) mass is 296 g/mol. The molecule has 0 saturated carbocycles. The van der Waals surface area contributed by atoms with Gasteiger partial charge in [-0.1, -0.05) is 0 Å². The summed E-state index contributed by atoms with van der Waals surface area (Å²) in [5.41, 5.74) is 0.486. The second-order valence-electron chi connectivity index (χ2n) is 4.98. The highest BCUT2D eigenvalue weighted by Crippen LogP contribution is 2.37. The minimum Gasteiger partial charge on any atom is -0.500 e. The van der Waals surface area contributed by atoms with Crippen LogP contribution in [0, 0.1) is 10.1 Å². The predicted octanol–water partition coefficient (Wildman–Crippen LogP) is 1.57. The van der Waals surface area contributed by atoms with Crippen LogP contribution in [0.25, 0.3) is 0 Å². The van der Waals surface area contributed by atoms with Crippen molar-refractivity contribution < 1.29 is 19.5 Å². The fraction of sp³-hybridized carbons (Fsp3) is 0.571. The van der Waals surface area contributed by atoms with Crippen LogP contribution in [0.3, 0.4) is 0 Å². The first kappa shape index (κ1) is 15.5. The number of hydrogen-bond acceptors (Lipinski definition) is 6. The normalized spacial score (nSPS) is 15.9. The molecule has 7 nitrogen and oxygen atoms in total. The Morgan fingerprint density at radius 2 is 2.14 bits per heavy atom. The van der Waals surface area contributed by atoms with Crippen molar-refractivity contribution in [1.29, 1.82) is 0 Å². The van der Waals surface area contributed by atoms with Crippen molar-refractivity contribution in [3.63, 3.8) is 0 Å². The molecule has 0 radical (unpaired) electrons. The molecule has 0 spiro atoms. The largest absolute Gasteiger partial charge is 0.500 e.